The van der Waals surface area contributed by atoms with Gasteiger partial charge in [-0.3, -0.25) is 4.79 Å². The molecule has 0 saturated carbocycles. The molecule has 2 heterocycles. The number of sulfonamides is 1. The van der Waals surface area contributed by atoms with Gasteiger partial charge in [-0.15, -0.1) is 0 Å². The number of nitrogens with zero attached hydrogens (tertiary/aromatic N) is 1. The number of halogens is 1. The first-order chi connectivity index (χ1) is 12.0. The van der Waals surface area contributed by atoms with Gasteiger partial charge < -0.3 is 14.8 Å². The van der Waals surface area contributed by atoms with Crippen molar-refractivity contribution in [1.82, 2.24) is 4.31 Å². The quantitative estimate of drug-likeness (QED) is 0.859. The van der Waals surface area contributed by atoms with Gasteiger partial charge in [0, 0.05) is 37.9 Å². The van der Waals surface area contributed by atoms with E-state index >= 15 is 0 Å². The third-order valence-corrected chi connectivity index (χ3v) is 6.29. The van der Waals surface area contributed by atoms with Gasteiger partial charge in [-0.25, -0.2) is 12.8 Å². The number of rotatable bonds is 4. The molecule has 1 aromatic carbocycles. The Morgan fingerprint density at radius 1 is 1.12 bits per heavy atom. The fourth-order valence-corrected chi connectivity index (χ4v) is 4.41. The molecule has 2 fully saturated rings. The van der Waals surface area contributed by atoms with Crippen molar-refractivity contribution in [3.8, 4) is 0 Å². The Morgan fingerprint density at radius 3 is 2.44 bits per heavy atom. The topological polar surface area (TPSA) is 84.9 Å². The number of amides is 1. The van der Waals surface area contributed by atoms with E-state index in [9.17, 15) is 17.6 Å². The van der Waals surface area contributed by atoms with Crippen molar-refractivity contribution in [3.63, 3.8) is 0 Å². The van der Waals surface area contributed by atoms with Gasteiger partial charge in [-0.2, -0.15) is 4.31 Å². The molecule has 2 aliphatic rings. The Balaban J connectivity index is 1.79. The summed E-state index contributed by atoms with van der Waals surface area (Å²) >= 11 is 0. The maximum Gasteiger partial charge on any atom is 0.246 e. The molecule has 1 N–H and O–H groups in total. The van der Waals surface area contributed by atoms with E-state index in [1.165, 1.54) is 16.4 Å². The van der Waals surface area contributed by atoms with E-state index in [-0.39, 0.29) is 43.8 Å². The summed E-state index contributed by atoms with van der Waals surface area (Å²) in [6, 6.07) is 3.61. The lowest BCUT2D eigenvalue weighted by molar-refractivity contribution is -0.122. The van der Waals surface area contributed by atoms with Crippen LogP contribution in [-0.4, -0.2) is 58.1 Å². The number of hydrogen-bond acceptors (Lipinski definition) is 5. The molecule has 0 aliphatic carbocycles. The Hall–Kier alpha value is -1.55. The van der Waals surface area contributed by atoms with Crippen molar-refractivity contribution in [2.75, 3.05) is 44.8 Å². The van der Waals surface area contributed by atoms with E-state index in [4.69, 9.17) is 9.47 Å². The summed E-state index contributed by atoms with van der Waals surface area (Å²) in [4.78, 5) is 11.8. The summed E-state index contributed by atoms with van der Waals surface area (Å²) in [5.74, 6) is -1.22. The molecular weight excluding hydrogens is 351 g/mol. The highest BCUT2D eigenvalue weighted by atomic mass is 32.2. The van der Waals surface area contributed by atoms with Gasteiger partial charge >= 0.3 is 0 Å². The van der Waals surface area contributed by atoms with Gasteiger partial charge in [0.05, 0.1) is 13.2 Å². The zero-order valence-corrected chi connectivity index (χ0v) is 14.6. The Bertz CT molecular complexity index is 728. The third-order valence-electron chi connectivity index (χ3n) is 4.38. The largest absolute Gasteiger partial charge is 0.381 e. The van der Waals surface area contributed by atoms with Crippen LogP contribution in [0, 0.1) is 11.7 Å². The van der Waals surface area contributed by atoms with E-state index in [2.05, 4.69) is 5.32 Å². The van der Waals surface area contributed by atoms with E-state index in [0.717, 1.165) is 6.07 Å². The SMILES string of the molecule is O=C(Nc1ccc(F)c(S(=O)(=O)N2CCOCC2)c1)C1CCOCC1. The zero-order valence-electron chi connectivity index (χ0n) is 13.7. The van der Waals surface area contributed by atoms with Crippen LogP contribution in [0.3, 0.4) is 0 Å². The first kappa shape index (κ1) is 18.2. The highest BCUT2D eigenvalue weighted by Crippen LogP contribution is 2.25. The van der Waals surface area contributed by atoms with Crippen LogP contribution < -0.4 is 5.32 Å². The average Bonchev–Trinajstić information content (AvgIpc) is 2.64. The molecule has 0 aromatic heterocycles. The molecule has 25 heavy (non-hydrogen) atoms. The van der Waals surface area contributed by atoms with E-state index in [0.29, 0.717) is 26.1 Å². The summed E-state index contributed by atoms with van der Waals surface area (Å²) in [6.45, 7) is 1.97. The molecular formula is C16H21FN2O5S. The molecule has 7 nitrogen and oxygen atoms in total. The fraction of sp³-hybridized carbons (Fsp3) is 0.562. The smallest absolute Gasteiger partial charge is 0.246 e. The third kappa shape index (κ3) is 4.17. The number of hydrogen-bond donors (Lipinski definition) is 1. The van der Waals surface area contributed by atoms with Gasteiger partial charge in [0.15, 0.2) is 0 Å². The molecule has 1 aromatic rings. The molecule has 3 rings (SSSR count). The van der Waals surface area contributed by atoms with Crippen molar-refractivity contribution in [3.05, 3.63) is 24.0 Å². The summed E-state index contributed by atoms with van der Waals surface area (Å²) in [6.07, 6.45) is 1.23. The molecule has 0 unspecified atom stereocenters. The van der Waals surface area contributed by atoms with Gasteiger partial charge in [0.2, 0.25) is 15.9 Å². The Kier molecular flexibility index (Phi) is 5.67. The highest BCUT2D eigenvalue weighted by molar-refractivity contribution is 7.89. The van der Waals surface area contributed by atoms with Crippen molar-refractivity contribution < 1.29 is 27.1 Å². The second-order valence-corrected chi connectivity index (χ2v) is 7.94. The summed E-state index contributed by atoms with van der Waals surface area (Å²) in [7, 11) is -3.97. The number of carbonyl (C=O) groups is 1. The van der Waals surface area contributed by atoms with Crippen LogP contribution in [0.15, 0.2) is 23.1 Å². The minimum Gasteiger partial charge on any atom is -0.381 e. The van der Waals surface area contributed by atoms with E-state index in [1.54, 1.807) is 0 Å². The lowest BCUT2D eigenvalue weighted by Gasteiger charge is -2.26. The van der Waals surface area contributed by atoms with Crippen molar-refractivity contribution >= 4 is 21.6 Å². The fourth-order valence-electron chi connectivity index (χ4n) is 2.91. The number of benzene rings is 1. The Morgan fingerprint density at radius 2 is 1.76 bits per heavy atom. The van der Waals surface area contributed by atoms with Crippen LogP contribution in [0.2, 0.25) is 0 Å². The summed E-state index contributed by atoms with van der Waals surface area (Å²) in [5.41, 5.74) is 0.268. The predicted molar refractivity (Wildman–Crippen MR) is 88.2 cm³/mol. The van der Waals surface area contributed by atoms with Crippen LogP contribution >= 0.6 is 0 Å². The maximum atomic E-state index is 14.1. The van der Waals surface area contributed by atoms with Gasteiger partial charge in [0.25, 0.3) is 0 Å². The van der Waals surface area contributed by atoms with Crippen molar-refractivity contribution in [2.45, 2.75) is 17.7 Å². The van der Waals surface area contributed by atoms with Gasteiger partial charge in [0.1, 0.15) is 10.7 Å². The second-order valence-electron chi connectivity index (χ2n) is 6.04. The van der Waals surface area contributed by atoms with Crippen LogP contribution in [0.1, 0.15) is 12.8 Å². The standard InChI is InChI=1S/C16H21FN2O5S/c17-14-2-1-13(18-16(20)12-3-7-23-8-4-12)11-15(14)25(21,22)19-5-9-24-10-6-19/h1-2,11-12H,3-10H2,(H,18,20). The molecule has 0 radical (unpaired) electrons. The first-order valence-corrected chi connectivity index (χ1v) is 9.68. The molecule has 9 heteroatoms. The minimum absolute atomic E-state index is 0.181. The number of nitrogens with one attached hydrogen (secondary N) is 1. The molecule has 0 bridgehead atoms. The van der Waals surface area contributed by atoms with Crippen LogP contribution in [0.4, 0.5) is 10.1 Å². The molecule has 0 atom stereocenters. The highest BCUT2D eigenvalue weighted by Gasteiger charge is 2.29. The Labute approximate surface area is 146 Å². The number of anilines is 1. The molecule has 0 spiro atoms. The molecule has 2 saturated heterocycles. The number of carbonyl (C=O) groups excluding carboxylic acids is 1. The van der Waals surface area contributed by atoms with Crippen molar-refractivity contribution in [1.29, 1.82) is 0 Å². The van der Waals surface area contributed by atoms with Gasteiger partial charge in [-0.1, -0.05) is 0 Å². The zero-order chi connectivity index (χ0) is 17.9. The van der Waals surface area contributed by atoms with E-state index in [1.807, 2.05) is 0 Å². The lowest BCUT2D eigenvalue weighted by atomic mass is 9.99. The monoisotopic (exact) mass is 372 g/mol. The molecule has 1 amide bonds. The molecule has 138 valence electrons. The van der Waals surface area contributed by atoms with Crippen LogP contribution in [0.5, 0.6) is 0 Å². The van der Waals surface area contributed by atoms with Crippen molar-refractivity contribution in [2.24, 2.45) is 5.92 Å². The van der Waals surface area contributed by atoms with Gasteiger partial charge in [-0.05, 0) is 31.0 Å². The number of morpholine rings is 1. The summed E-state index contributed by atoms with van der Waals surface area (Å²) < 4.78 is 51.0. The second kappa shape index (κ2) is 7.77. The summed E-state index contributed by atoms with van der Waals surface area (Å²) in [5, 5.41) is 2.69. The first-order valence-electron chi connectivity index (χ1n) is 8.24. The lowest BCUT2D eigenvalue weighted by Crippen LogP contribution is -2.41. The van der Waals surface area contributed by atoms with Crippen LogP contribution in [0.25, 0.3) is 0 Å². The maximum absolute atomic E-state index is 14.1. The minimum atomic E-state index is -3.97. The average molecular weight is 372 g/mol. The molecule has 2 aliphatic heterocycles. The number of ether oxygens (including phenoxy) is 2. The van der Waals surface area contributed by atoms with E-state index < -0.39 is 20.7 Å². The predicted octanol–water partition coefficient (Wildman–Crippen LogP) is 1.21. The van der Waals surface area contributed by atoms with Crippen LogP contribution in [-0.2, 0) is 24.3 Å². The normalized spacial score (nSPS) is 20.4.